The van der Waals surface area contributed by atoms with Gasteiger partial charge in [-0.2, -0.15) is 0 Å². The molecule has 0 radical (unpaired) electrons. The van der Waals surface area contributed by atoms with Crippen molar-refractivity contribution in [3.63, 3.8) is 0 Å². The number of fused-ring (bicyclic) bond motifs is 2. The summed E-state index contributed by atoms with van der Waals surface area (Å²) >= 11 is 0. The highest BCUT2D eigenvalue weighted by molar-refractivity contribution is 6.03. The van der Waals surface area contributed by atoms with Crippen molar-refractivity contribution in [1.82, 2.24) is 10.2 Å². The predicted molar refractivity (Wildman–Crippen MR) is 240 cm³/mol. The number of likely N-dealkylation sites (N-methyl/N-ethyl adjacent to an activating group) is 1. The number of nitrogens with zero attached hydrogens (tertiary/aromatic N) is 2. The van der Waals surface area contributed by atoms with E-state index in [9.17, 15) is 19.8 Å². The number of aliphatic hydroxyl groups is 2. The van der Waals surface area contributed by atoms with Crippen LogP contribution in [0.15, 0.2) is 47.7 Å². The van der Waals surface area contributed by atoms with E-state index in [4.69, 9.17) is 33.7 Å². The normalized spacial score (nSPS) is 25.8. The summed E-state index contributed by atoms with van der Waals surface area (Å²) in [5.74, 6) is -1.09. The summed E-state index contributed by atoms with van der Waals surface area (Å²) in [6, 6.07) is 4.81. The van der Waals surface area contributed by atoms with Gasteiger partial charge in [0, 0.05) is 51.1 Å². The van der Waals surface area contributed by atoms with Crippen molar-refractivity contribution >= 4 is 17.9 Å². The van der Waals surface area contributed by atoms with Crippen molar-refractivity contribution in [2.75, 3.05) is 46.6 Å². The second-order valence-corrected chi connectivity index (χ2v) is 17.5. The first-order valence-corrected chi connectivity index (χ1v) is 24.0. The minimum Gasteiger partial charge on any atom is -0.459 e. The zero-order valence-electron chi connectivity index (χ0n) is 38.0. The van der Waals surface area contributed by atoms with Gasteiger partial charge < -0.3 is 49.0 Å². The number of amides is 2. The molecular weight excluding hydrogens is 791 g/mol. The molecule has 1 aromatic rings. The van der Waals surface area contributed by atoms with Gasteiger partial charge in [-0.15, -0.1) is 6.58 Å². The van der Waals surface area contributed by atoms with Crippen molar-refractivity contribution in [1.29, 1.82) is 0 Å². The maximum atomic E-state index is 13.7. The van der Waals surface area contributed by atoms with Crippen molar-refractivity contribution in [3.8, 4) is 11.5 Å². The molecule has 2 aliphatic carbocycles. The second-order valence-electron chi connectivity index (χ2n) is 17.5. The lowest BCUT2D eigenvalue weighted by atomic mass is 9.55. The van der Waals surface area contributed by atoms with Crippen LogP contribution >= 0.6 is 0 Å². The Morgan fingerprint density at radius 2 is 1.69 bits per heavy atom. The summed E-state index contributed by atoms with van der Waals surface area (Å²) in [4.78, 5) is 34.6. The van der Waals surface area contributed by atoms with Gasteiger partial charge in [-0.3, -0.25) is 0 Å². The Kier molecular flexibility index (Phi) is 20.9. The van der Waals surface area contributed by atoms with E-state index in [0.717, 1.165) is 75.3 Å². The highest BCUT2D eigenvalue weighted by atomic mass is 16.8. The predicted octanol–water partition coefficient (Wildman–Crippen LogP) is 9.94. The molecule has 2 fully saturated rings. The third-order valence-electron chi connectivity index (χ3n) is 13.1. The molecule has 1 aromatic carbocycles. The molecule has 2 heterocycles. The topological polar surface area (TPSA) is 158 Å². The van der Waals surface area contributed by atoms with Gasteiger partial charge in [-0.25, -0.2) is 9.59 Å². The minimum absolute atomic E-state index is 0.0271. The smallest absolute Gasteiger partial charge is 0.412 e. The van der Waals surface area contributed by atoms with Crippen LogP contribution in [-0.4, -0.2) is 97.8 Å². The molecule has 1 saturated carbocycles. The van der Waals surface area contributed by atoms with Crippen molar-refractivity contribution in [2.45, 2.75) is 166 Å². The Morgan fingerprint density at radius 1 is 0.968 bits per heavy atom. The molecule has 1 saturated heterocycles. The first kappa shape index (κ1) is 49.4. The summed E-state index contributed by atoms with van der Waals surface area (Å²) in [5, 5.41) is 27.6. The Balaban J connectivity index is 1.50. The molecule has 1 unspecified atom stereocenters. The molecule has 5 rings (SSSR count). The average molecular weight is 868 g/mol. The number of unbranched alkanes of at least 4 members (excludes halogenated alkanes) is 11. The Morgan fingerprint density at radius 3 is 2.37 bits per heavy atom. The van der Waals surface area contributed by atoms with E-state index in [0.29, 0.717) is 43.2 Å². The van der Waals surface area contributed by atoms with E-state index in [1.54, 1.807) is 31.0 Å². The molecule has 7 atom stereocenters. The Bertz CT molecular complexity index is 1600. The monoisotopic (exact) mass is 868 g/mol. The number of oxime groups is 1. The second kappa shape index (κ2) is 26.2. The van der Waals surface area contributed by atoms with Gasteiger partial charge in [-0.1, -0.05) is 94.9 Å². The number of benzene rings is 1. The Labute approximate surface area is 370 Å². The van der Waals surface area contributed by atoms with Crippen LogP contribution in [0.3, 0.4) is 0 Å². The molecule has 0 spiro atoms. The number of nitrogens with one attached hydrogen (secondary N) is 1. The van der Waals surface area contributed by atoms with Gasteiger partial charge in [0.1, 0.15) is 17.5 Å². The largest absolute Gasteiger partial charge is 0.459 e. The van der Waals surface area contributed by atoms with E-state index in [-0.39, 0.29) is 50.6 Å². The summed E-state index contributed by atoms with van der Waals surface area (Å²) < 4.78 is 31.5. The highest BCUT2D eigenvalue weighted by Gasteiger charge is 2.65. The minimum atomic E-state index is -1.40. The third-order valence-corrected chi connectivity index (χ3v) is 13.1. The number of rotatable bonds is 27. The number of carbonyl (C=O) groups is 2. The van der Waals surface area contributed by atoms with Crippen LogP contribution in [-0.2, 0) is 19.0 Å². The van der Waals surface area contributed by atoms with Gasteiger partial charge in [0.15, 0.2) is 0 Å². The maximum Gasteiger partial charge on any atom is 0.412 e. The lowest BCUT2D eigenvalue weighted by Gasteiger charge is -2.59. The lowest BCUT2D eigenvalue weighted by Crippen LogP contribution is -2.69. The van der Waals surface area contributed by atoms with E-state index in [2.05, 4.69) is 24.9 Å². The quantitative estimate of drug-likeness (QED) is 0.0442. The van der Waals surface area contributed by atoms with E-state index in [1.807, 2.05) is 12.1 Å². The number of carbonyl (C=O) groups excluding carboxylic acids is 2. The Hall–Kier alpha value is -3.65. The summed E-state index contributed by atoms with van der Waals surface area (Å²) in [6.07, 6.45) is 22.1. The summed E-state index contributed by atoms with van der Waals surface area (Å²) in [7, 11) is 1.71. The molecule has 62 heavy (non-hydrogen) atoms. The van der Waals surface area contributed by atoms with E-state index >= 15 is 0 Å². The fourth-order valence-corrected chi connectivity index (χ4v) is 10.0. The molecule has 4 aliphatic rings. The highest BCUT2D eigenvalue weighted by Crippen LogP contribution is 2.62. The fourth-order valence-electron chi connectivity index (χ4n) is 10.0. The number of hydrogen-bond donors (Lipinski definition) is 3. The molecule has 0 bridgehead atoms. The standard InChI is InChI=1S/C49H77N3O10/c1-5-8-9-10-11-12-13-14-15-19-28-50-47(55)60-37-26-27-42-40(34-37)45-38(24-17-21-30-54)36(23-16-20-29-53)33-39-41(51-62-44-25-18-22-32-58-44)35-43(52(4)48(56)57-7-3)49(61-42,46(39)45)59-31-6-2/h6,26-27,33-34,36,38,43-46,53-54H,2,5,7-25,28-32,35H2,1,3-4H3,(H,50,55)/t36-,38+,43-,44?,45+,46+,49+/m0/s1. The van der Waals surface area contributed by atoms with Crippen LogP contribution < -0.4 is 14.8 Å². The molecule has 2 amide bonds. The van der Waals surface area contributed by atoms with Crippen LogP contribution in [0.5, 0.6) is 11.5 Å². The molecule has 348 valence electrons. The van der Waals surface area contributed by atoms with Crippen molar-refractivity contribution in [2.24, 2.45) is 22.9 Å². The zero-order valence-corrected chi connectivity index (χ0v) is 38.0. The van der Waals surface area contributed by atoms with Crippen molar-refractivity contribution in [3.05, 3.63) is 48.1 Å². The van der Waals surface area contributed by atoms with Gasteiger partial charge in [-0.05, 0) is 87.5 Å². The molecule has 13 nitrogen and oxygen atoms in total. The van der Waals surface area contributed by atoms with Gasteiger partial charge in [0.05, 0.1) is 31.5 Å². The van der Waals surface area contributed by atoms with E-state index in [1.165, 1.54) is 44.9 Å². The van der Waals surface area contributed by atoms with Crippen LogP contribution in [0, 0.1) is 17.8 Å². The summed E-state index contributed by atoms with van der Waals surface area (Å²) in [5.41, 5.74) is 2.47. The fraction of sp³-hybridized carbons (Fsp3) is 0.735. The number of aliphatic hydroxyl groups excluding tert-OH is 2. The van der Waals surface area contributed by atoms with E-state index < -0.39 is 36.2 Å². The van der Waals surface area contributed by atoms with Gasteiger partial charge in [0.25, 0.3) is 0 Å². The average Bonchev–Trinajstić information content (AvgIpc) is 3.28. The number of hydrogen-bond acceptors (Lipinski definition) is 11. The number of ether oxygens (including phenoxy) is 5. The molecule has 13 heteroatoms. The van der Waals surface area contributed by atoms with Crippen LogP contribution in [0.2, 0.25) is 0 Å². The maximum absolute atomic E-state index is 13.7. The van der Waals surface area contributed by atoms with Gasteiger partial charge >= 0.3 is 12.2 Å². The first-order valence-electron chi connectivity index (χ1n) is 24.0. The number of allylic oxidation sites excluding steroid dienone is 1. The van der Waals surface area contributed by atoms with Crippen molar-refractivity contribution < 1.29 is 48.3 Å². The molecular formula is C49H77N3O10. The molecule has 0 aromatic heterocycles. The summed E-state index contributed by atoms with van der Waals surface area (Å²) in [6.45, 7) is 9.67. The van der Waals surface area contributed by atoms with Gasteiger partial charge in [0.2, 0.25) is 12.1 Å². The first-order chi connectivity index (χ1) is 30.3. The SMILES string of the molecule is C=CCO[C@@]12Oc3ccc(OC(=O)NCCCCCCCCCCCC)cc3[C@H]3[C@H](CCCCO)[C@@H](CCCCO)C=C(C(=NOC4CCCCO4)C[C@@H]1N(C)C(=O)OCC)[C@H]32. The van der Waals surface area contributed by atoms with Crippen LogP contribution in [0.25, 0.3) is 0 Å². The van der Waals surface area contributed by atoms with Crippen LogP contribution in [0.4, 0.5) is 9.59 Å². The van der Waals surface area contributed by atoms with Crippen LogP contribution in [0.1, 0.15) is 154 Å². The molecule has 3 N–H and O–H groups in total. The zero-order chi connectivity index (χ0) is 44.2. The third kappa shape index (κ3) is 13.2. The molecule has 2 aliphatic heterocycles. The lowest BCUT2D eigenvalue weighted by molar-refractivity contribution is -0.254.